The van der Waals surface area contributed by atoms with Gasteiger partial charge in [-0.25, -0.2) is 0 Å². The third kappa shape index (κ3) is 5.50. The Balaban J connectivity index is 1.49. The van der Waals surface area contributed by atoms with Crippen molar-refractivity contribution in [1.29, 1.82) is 0 Å². The molecule has 3 saturated carbocycles. The number of fused-ring (bicyclic) bond motifs is 1. The number of nitrogens with zero attached hydrogens (tertiary/aromatic N) is 3. The quantitative estimate of drug-likeness (QED) is 0.524. The fraction of sp³-hybridized carbons (Fsp3) is 0.633. The molecule has 3 aliphatic carbocycles. The van der Waals surface area contributed by atoms with Crippen molar-refractivity contribution >= 4 is 5.91 Å². The number of nitrogens with one attached hydrogen (secondary N) is 1. The number of hydrogen-bond acceptors (Lipinski definition) is 5. The Morgan fingerprint density at radius 2 is 1.64 bits per heavy atom. The van der Waals surface area contributed by atoms with E-state index in [1.54, 1.807) is 0 Å². The van der Waals surface area contributed by atoms with Gasteiger partial charge in [0, 0.05) is 44.0 Å². The highest BCUT2D eigenvalue weighted by molar-refractivity contribution is 5.76. The zero-order chi connectivity index (χ0) is 25.4. The fourth-order valence-corrected chi connectivity index (χ4v) is 7.23. The van der Waals surface area contributed by atoms with Crippen LogP contribution in [-0.4, -0.2) is 43.6 Å². The number of aliphatic hydroxyl groups is 1. The van der Waals surface area contributed by atoms with Crippen molar-refractivity contribution in [3.05, 3.63) is 60.2 Å². The molecule has 6 heteroatoms. The lowest BCUT2D eigenvalue weighted by Gasteiger charge is -2.52. The molecule has 0 radical (unpaired) electrons. The Morgan fingerprint density at radius 3 is 2.19 bits per heavy atom. The van der Waals surface area contributed by atoms with Gasteiger partial charge in [-0.1, -0.05) is 26.0 Å². The van der Waals surface area contributed by atoms with E-state index in [0.29, 0.717) is 18.4 Å². The topological polar surface area (TPSA) is 78.4 Å². The van der Waals surface area contributed by atoms with Crippen LogP contribution in [0.25, 0.3) is 0 Å². The summed E-state index contributed by atoms with van der Waals surface area (Å²) in [5.74, 6) is 0.537. The third-order valence-electron chi connectivity index (χ3n) is 9.18. The molecule has 2 N–H and O–H groups in total. The molecule has 0 spiro atoms. The standard InChI is InChI=1S/C30H42N4O2/c1-28(2)19-26(34(20-23-8-4-6-16-31-23)21-24-9-5-7-17-32-24)30(13-12-27(35)33-22-10-11-22)15-14-29(3,36)18-25(28)30/h4-9,16-17,22,25-26,36H,10-15,18-21H2,1-3H3,(H,33,35)/t25-,26-,29-,30-/m0/s1. The Labute approximate surface area is 215 Å². The molecule has 0 aliphatic heterocycles. The van der Waals surface area contributed by atoms with E-state index in [1.165, 1.54) is 0 Å². The van der Waals surface area contributed by atoms with Crippen molar-refractivity contribution in [3.63, 3.8) is 0 Å². The average Bonchev–Trinajstić information content (AvgIpc) is 3.63. The van der Waals surface area contributed by atoms with Crippen molar-refractivity contribution in [3.8, 4) is 0 Å². The number of pyridine rings is 2. The molecule has 0 unspecified atom stereocenters. The van der Waals surface area contributed by atoms with Gasteiger partial charge in [-0.2, -0.15) is 0 Å². The second kappa shape index (κ2) is 9.86. The predicted octanol–water partition coefficient (Wildman–Crippen LogP) is 4.87. The molecular formula is C30H42N4O2. The third-order valence-corrected chi connectivity index (χ3v) is 9.18. The zero-order valence-electron chi connectivity index (χ0n) is 22.1. The van der Waals surface area contributed by atoms with E-state index >= 15 is 0 Å². The minimum atomic E-state index is -0.649. The summed E-state index contributed by atoms with van der Waals surface area (Å²) in [5, 5.41) is 14.4. The van der Waals surface area contributed by atoms with Crippen LogP contribution in [0.5, 0.6) is 0 Å². The van der Waals surface area contributed by atoms with E-state index in [4.69, 9.17) is 0 Å². The molecule has 2 aromatic heterocycles. The maximum Gasteiger partial charge on any atom is 0.220 e. The summed E-state index contributed by atoms with van der Waals surface area (Å²) in [7, 11) is 0. The Morgan fingerprint density at radius 1 is 1.00 bits per heavy atom. The number of aromatic nitrogens is 2. The summed E-state index contributed by atoms with van der Waals surface area (Å²) in [6.07, 6.45) is 10.9. The summed E-state index contributed by atoms with van der Waals surface area (Å²) < 4.78 is 0. The normalized spacial score (nSPS) is 31.2. The SMILES string of the molecule is CC1(C)C[C@H](N(Cc2ccccn2)Cc2ccccn2)[C@@]2(CCC(=O)NC3CC3)CC[C@](C)(O)C[C@@H]12. The van der Waals surface area contributed by atoms with E-state index in [-0.39, 0.29) is 22.8 Å². The predicted molar refractivity (Wildman–Crippen MR) is 141 cm³/mol. The highest BCUT2D eigenvalue weighted by Gasteiger charge is 2.62. The van der Waals surface area contributed by atoms with Crippen molar-refractivity contribution in [2.45, 2.75) is 103 Å². The minimum absolute atomic E-state index is 0.0316. The molecule has 3 fully saturated rings. The van der Waals surface area contributed by atoms with Crippen LogP contribution < -0.4 is 5.32 Å². The van der Waals surface area contributed by atoms with Crippen LogP contribution in [0.3, 0.4) is 0 Å². The molecule has 6 nitrogen and oxygen atoms in total. The highest BCUT2D eigenvalue weighted by Crippen LogP contribution is 2.65. The number of carbonyl (C=O) groups is 1. The van der Waals surface area contributed by atoms with Gasteiger partial charge < -0.3 is 10.4 Å². The lowest BCUT2D eigenvalue weighted by molar-refractivity contribution is -0.124. The second-order valence-corrected chi connectivity index (χ2v) is 12.6. The van der Waals surface area contributed by atoms with Crippen LogP contribution in [0.15, 0.2) is 48.8 Å². The number of amides is 1. The Bertz CT molecular complexity index is 996. The number of carbonyl (C=O) groups excluding carboxylic acids is 1. The first-order chi connectivity index (χ1) is 17.2. The van der Waals surface area contributed by atoms with Crippen LogP contribution in [-0.2, 0) is 17.9 Å². The van der Waals surface area contributed by atoms with Crippen molar-refractivity contribution in [1.82, 2.24) is 20.2 Å². The van der Waals surface area contributed by atoms with Crippen LogP contribution in [0.4, 0.5) is 0 Å². The van der Waals surface area contributed by atoms with E-state index in [1.807, 2.05) is 31.5 Å². The minimum Gasteiger partial charge on any atom is -0.390 e. The maximum atomic E-state index is 12.9. The maximum absolute atomic E-state index is 12.9. The molecule has 3 aliphatic rings. The van der Waals surface area contributed by atoms with Crippen LogP contribution in [0, 0.1) is 16.7 Å². The van der Waals surface area contributed by atoms with Gasteiger partial charge in [0.05, 0.1) is 17.0 Å². The first kappa shape index (κ1) is 25.3. The number of rotatable bonds is 9. The molecule has 0 bridgehead atoms. The van der Waals surface area contributed by atoms with Crippen molar-refractivity contribution < 1.29 is 9.90 Å². The first-order valence-corrected chi connectivity index (χ1v) is 13.7. The highest BCUT2D eigenvalue weighted by atomic mass is 16.3. The van der Waals surface area contributed by atoms with Crippen molar-refractivity contribution in [2.75, 3.05) is 0 Å². The molecule has 194 valence electrons. The molecule has 1 amide bonds. The lowest BCUT2D eigenvalue weighted by atomic mass is 9.56. The summed E-state index contributed by atoms with van der Waals surface area (Å²) in [6.45, 7) is 8.24. The molecule has 0 saturated heterocycles. The van der Waals surface area contributed by atoms with E-state index < -0.39 is 5.60 Å². The van der Waals surface area contributed by atoms with E-state index in [9.17, 15) is 9.90 Å². The smallest absolute Gasteiger partial charge is 0.220 e. The summed E-state index contributed by atoms with van der Waals surface area (Å²) in [4.78, 5) is 24.8. The largest absolute Gasteiger partial charge is 0.390 e. The molecule has 0 aromatic carbocycles. The molecule has 5 rings (SSSR count). The Kier molecular flexibility index (Phi) is 6.94. The van der Waals surface area contributed by atoms with Gasteiger partial charge in [-0.3, -0.25) is 19.7 Å². The Hall–Kier alpha value is -2.31. The van der Waals surface area contributed by atoms with Gasteiger partial charge >= 0.3 is 0 Å². The molecule has 4 atom stereocenters. The zero-order valence-corrected chi connectivity index (χ0v) is 22.1. The monoisotopic (exact) mass is 490 g/mol. The van der Waals surface area contributed by atoms with E-state index in [0.717, 1.165) is 69.4 Å². The van der Waals surface area contributed by atoms with Crippen LogP contribution in [0.1, 0.15) is 83.5 Å². The van der Waals surface area contributed by atoms with Crippen molar-refractivity contribution in [2.24, 2.45) is 16.7 Å². The van der Waals surface area contributed by atoms with Gasteiger partial charge in [0.15, 0.2) is 0 Å². The average molecular weight is 491 g/mol. The summed E-state index contributed by atoms with van der Waals surface area (Å²) in [6, 6.07) is 12.9. The van der Waals surface area contributed by atoms with Crippen LogP contribution in [0.2, 0.25) is 0 Å². The number of hydrogen-bond donors (Lipinski definition) is 2. The lowest BCUT2D eigenvalue weighted by Crippen LogP contribution is -2.52. The summed E-state index contributed by atoms with van der Waals surface area (Å²) in [5.41, 5.74) is 1.49. The van der Waals surface area contributed by atoms with Crippen LogP contribution >= 0.6 is 0 Å². The van der Waals surface area contributed by atoms with Gasteiger partial charge in [0.1, 0.15) is 0 Å². The molecule has 36 heavy (non-hydrogen) atoms. The second-order valence-electron chi connectivity index (χ2n) is 12.6. The fourth-order valence-electron chi connectivity index (χ4n) is 7.23. The molecule has 2 aromatic rings. The van der Waals surface area contributed by atoms with Gasteiger partial charge in [-0.05, 0) is 92.9 Å². The van der Waals surface area contributed by atoms with Gasteiger partial charge in [-0.15, -0.1) is 0 Å². The van der Waals surface area contributed by atoms with Gasteiger partial charge in [0.25, 0.3) is 0 Å². The summed E-state index contributed by atoms with van der Waals surface area (Å²) >= 11 is 0. The van der Waals surface area contributed by atoms with E-state index in [2.05, 4.69) is 58.3 Å². The first-order valence-electron chi connectivity index (χ1n) is 13.7. The molecular weight excluding hydrogens is 448 g/mol. The molecule has 2 heterocycles. The van der Waals surface area contributed by atoms with Gasteiger partial charge in [0.2, 0.25) is 5.91 Å².